The monoisotopic (exact) mass is 168 g/mol. The van der Waals surface area contributed by atoms with Gasteiger partial charge in [-0.3, -0.25) is 9.59 Å². The van der Waals surface area contributed by atoms with Crippen LogP contribution in [0.25, 0.3) is 0 Å². The van der Waals surface area contributed by atoms with E-state index in [1.165, 1.54) is 14.0 Å². The van der Waals surface area contributed by atoms with E-state index in [-0.39, 0.29) is 17.1 Å². The molecule has 66 valence electrons. The van der Waals surface area contributed by atoms with E-state index in [0.717, 1.165) is 6.42 Å². The van der Waals surface area contributed by atoms with Crippen molar-refractivity contribution in [3.05, 3.63) is 11.3 Å². The van der Waals surface area contributed by atoms with Gasteiger partial charge in [0.25, 0.3) is 0 Å². The molecule has 12 heavy (non-hydrogen) atoms. The predicted molar refractivity (Wildman–Crippen MR) is 43.6 cm³/mol. The van der Waals surface area contributed by atoms with Crippen LogP contribution in [-0.4, -0.2) is 18.7 Å². The highest BCUT2D eigenvalue weighted by molar-refractivity contribution is 6.20. The van der Waals surface area contributed by atoms with Crippen LogP contribution in [0.3, 0.4) is 0 Å². The second-order valence-electron chi connectivity index (χ2n) is 2.84. The zero-order valence-corrected chi connectivity index (χ0v) is 7.35. The van der Waals surface area contributed by atoms with Gasteiger partial charge in [-0.2, -0.15) is 0 Å². The van der Waals surface area contributed by atoms with E-state index in [4.69, 9.17) is 4.74 Å². The maximum atomic E-state index is 11.2. The number of ketones is 2. The van der Waals surface area contributed by atoms with Gasteiger partial charge in [-0.1, -0.05) is 0 Å². The number of methoxy groups -OCH3 is 1. The summed E-state index contributed by atoms with van der Waals surface area (Å²) in [6.45, 7) is 1.40. The number of allylic oxidation sites excluding steroid dienone is 2. The third-order valence-electron chi connectivity index (χ3n) is 1.96. The Labute approximate surface area is 71.4 Å². The number of hydrogen-bond acceptors (Lipinski definition) is 3. The lowest BCUT2D eigenvalue weighted by molar-refractivity contribution is -0.121. The van der Waals surface area contributed by atoms with Gasteiger partial charge in [-0.05, 0) is 13.3 Å². The van der Waals surface area contributed by atoms with Crippen LogP contribution in [0.15, 0.2) is 11.3 Å². The molecule has 0 saturated heterocycles. The Morgan fingerprint density at radius 2 is 2.08 bits per heavy atom. The van der Waals surface area contributed by atoms with E-state index < -0.39 is 0 Å². The largest absolute Gasteiger partial charge is 0.500 e. The minimum Gasteiger partial charge on any atom is -0.500 e. The maximum Gasteiger partial charge on any atom is 0.169 e. The van der Waals surface area contributed by atoms with Crippen LogP contribution in [0.2, 0.25) is 0 Å². The molecule has 0 fully saturated rings. The predicted octanol–water partition coefficient (Wildman–Crippen LogP) is 1.23. The molecule has 0 amide bonds. The van der Waals surface area contributed by atoms with Gasteiger partial charge in [0.15, 0.2) is 11.6 Å². The number of Topliss-reactive ketones (excluding diaryl/α,β-unsaturated/α-hetero) is 2. The van der Waals surface area contributed by atoms with Crippen LogP contribution in [-0.2, 0) is 14.3 Å². The number of carbonyl (C=O) groups excluding carboxylic acids is 2. The first kappa shape index (κ1) is 8.97. The molecule has 0 N–H and O–H groups in total. The average molecular weight is 168 g/mol. The van der Waals surface area contributed by atoms with E-state index in [2.05, 4.69) is 0 Å². The number of carbonyl (C=O) groups is 2. The Morgan fingerprint density at radius 3 is 2.50 bits per heavy atom. The number of rotatable bonds is 2. The minimum absolute atomic E-state index is 0.0781. The van der Waals surface area contributed by atoms with Crippen molar-refractivity contribution < 1.29 is 14.3 Å². The summed E-state index contributed by atoms with van der Waals surface area (Å²) in [5.41, 5.74) is 0.267. The zero-order valence-electron chi connectivity index (χ0n) is 7.35. The van der Waals surface area contributed by atoms with Crippen molar-refractivity contribution in [3.63, 3.8) is 0 Å². The molecule has 0 saturated carbocycles. The fourth-order valence-electron chi connectivity index (χ4n) is 1.41. The zero-order chi connectivity index (χ0) is 9.14. The van der Waals surface area contributed by atoms with Crippen molar-refractivity contribution >= 4 is 11.6 Å². The fourth-order valence-corrected chi connectivity index (χ4v) is 1.41. The van der Waals surface area contributed by atoms with Crippen LogP contribution < -0.4 is 0 Å². The molecule has 0 aliphatic heterocycles. The quantitative estimate of drug-likeness (QED) is 0.582. The summed E-state index contributed by atoms with van der Waals surface area (Å²) in [5, 5.41) is 0. The molecule has 3 nitrogen and oxygen atoms in total. The highest BCUT2D eigenvalue weighted by atomic mass is 16.5. The second-order valence-corrected chi connectivity index (χ2v) is 2.84. The Balaban J connectivity index is 3.03. The molecule has 3 heteroatoms. The van der Waals surface area contributed by atoms with Crippen LogP contribution in [0, 0.1) is 0 Å². The van der Waals surface area contributed by atoms with Gasteiger partial charge < -0.3 is 4.74 Å². The van der Waals surface area contributed by atoms with Gasteiger partial charge in [0, 0.05) is 12.8 Å². The van der Waals surface area contributed by atoms with Gasteiger partial charge in [0.05, 0.1) is 12.7 Å². The minimum atomic E-state index is -0.184. The first-order valence-corrected chi connectivity index (χ1v) is 3.98. The third kappa shape index (κ3) is 1.55. The summed E-state index contributed by atoms with van der Waals surface area (Å²) >= 11 is 0. The van der Waals surface area contributed by atoms with Crippen LogP contribution in [0.1, 0.15) is 26.2 Å². The molecule has 0 unspecified atom stereocenters. The molecule has 0 aromatic carbocycles. The molecule has 0 aromatic heterocycles. The first-order valence-electron chi connectivity index (χ1n) is 3.98. The first-order chi connectivity index (χ1) is 5.66. The van der Waals surface area contributed by atoms with Crippen LogP contribution in [0.4, 0.5) is 0 Å². The molecule has 0 heterocycles. The molecule has 1 aliphatic carbocycles. The lowest BCUT2D eigenvalue weighted by Crippen LogP contribution is -2.18. The topological polar surface area (TPSA) is 43.4 Å². The number of hydrogen-bond donors (Lipinski definition) is 0. The van der Waals surface area contributed by atoms with E-state index in [0.29, 0.717) is 18.6 Å². The van der Waals surface area contributed by atoms with Crippen molar-refractivity contribution in [2.45, 2.75) is 26.2 Å². The number of ether oxygens (including phenoxy) is 1. The fraction of sp³-hybridized carbons (Fsp3) is 0.556. The third-order valence-corrected chi connectivity index (χ3v) is 1.96. The molecule has 0 atom stereocenters. The molecule has 1 aliphatic rings. The van der Waals surface area contributed by atoms with Gasteiger partial charge in [-0.15, -0.1) is 0 Å². The van der Waals surface area contributed by atoms with E-state index in [1.54, 1.807) is 0 Å². The van der Waals surface area contributed by atoms with Gasteiger partial charge in [0.1, 0.15) is 5.76 Å². The molecule has 1 rings (SSSR count). The van der Waals surface area contributed by atoms with E-state index in [1.807, 2.05) is 0 Å². The van der Waals surface area contributed by atoms with Crippen molar-refractivity contribution in [3.8, 4) is 0 Å². The van der Waals surface area contributed by atoms with Crippen LogP contribution >= 0.6 is 0 Å². The molecule has 0 radical (unpaired) electrons. The highest BCUT2D eigenvalue weighted by Crippen LogP contribution is 2.22. The van der Waals surface area contributed by atoms with Gasteiger partial charge in [0.2, 0.25) is 0 Å². The summed E-state index contributed by atoms with van der Waals surface area (Å²) in [5.74, 6) is 0.293. The lowest BCUT2D eigenvalue weighted by Gasteiger charge is -2.15. The normalized spacial score (nSPS) is 18.0. The van der Waals surface area contributed by atoms with Gasteiger partial charge in [-0.25, -0.2) is 0 Å². The SMILES string of the molecule is COC1=C(C(C)=O)C(=O)CCC1. The summed E-state index contributed by atoms with van der Waals surface area (Å²) in [4.78, 5) is 22.3. The average Bonchev–Trinajstić information content (AvgIpc) is 2.03. The lowest BCUT2D eigenvalue weighted by atomic mass is 9.94. The Hall–Kier alpha value is -1.12. The Bertz CT molecular complexity index is 250. The summed E-state index contributed by atoms with van der Waals surface area (Å²) < 4.78 is 4.97. The standard InChI is InChI=1S/C9H12O3/c1-6(10)9-7(11)4-3-5-8(9)12-2/h3-5H2,1-2H3. The van der Waals surface area contributed by atoms with Crippen molar-refractivity contribution in [2.24, 2.45) is 0 Å². The Morgan fingerprint density at radius 1 is 1.42 bits per heavy atom. The van der Waals surface area contributed by atoms with E-state index >= 15 is 0 Å². The molecular weight excluding hydrogens is 156 g/mol. The molecule has 0 bridgehead atoms. The second kappa shape index (κ2) is 3.52. The highest BCUT2D eigenvalue weighted by Gasteiger charge is 2.24. The van der Waals surface area contributed by atoms with Gasteiger partial charge >= 0.3 is 0 Å². The molecule has 0 aromatic rings. The van der Waals surface area contributed by atoms with Crippen molar-refractivity contribution in [2.75, 3.05) is 7.11 Å². The smallest absolute Gasteiger partial charge is 0.169 e. The van der Waals surface area contributed by atoms with Crippen molar-refractivity contribution in [1.82, 2.24) is 0 Å². The van der Waals surface area contributed by atoms with E-state index in [9.17, 15) is 9.59 Å². The van der Waals surface area contributed by atoms with Crippen LogP contribution in [0.5, 0.6) is 0 Å². The maximum absolute atomic E-state index is 11.2. The van der Waals surface area contributed by atoms with Crippen molar-refractivity contribution in [1.29, 1.82) is 0 Å². The molecule has 0 spiro atoms. The summed E-state index contributed by atoms with van der Waals surface area (Å²) in [6, 6.07) is 0. The molecular formula is C9H12O3. The summed E-state index contributed by atoms with van der Waals surface area (Å²) in [7, 11) is 1.50. The Kier molecular flexibility index (Phi) is 2.63. The summed E-state index contributed by atoms with van der Waals surface area (Å²) in [6.07, 6.45) is 1.97.